The summed E-state index contributed by atoms with van der Waals surface area (Å²) in [7, 11) is -2.50. The summed E-state index contributed by atoms with van der Waals surface area (Å²) < 4.78 is 44.1. The molecule has 0 aliphatic carbocycles. The summed E-state index contributed by atoms with van der Waals surface area (Å²) in [4.78, 5) is 12.7. The maximum absolute atomic E-state index is 13.5. The Hall–Kier alpha value is -3.17. The molecule has 0 unspecified atom stereocenters. The average molecular weight is 546 g/mol. The van der Waals surface area contributed by atoms with Crippen LogP contribution in [0.5, 0.6) is 5.75 Å². The molecule has 0 spiro atoms. The quantitative estimate of drug-likeness (QED) is 0.346. The van der Waals surface area contributed by atoms with Crippen molar-refractivity contribution in [3.05, 3.63) is 60.2 Å². The van der Waals surface area contributed by atoms with Crippen LogP contribution in [0.3, 0.4) is 0 Å². The predicted octanol–water partition coefficient (Wildman–Crippen LogP) is 2.87. The molecule has 1 aliphatic heterocycles. The van der Waals surface area contributed by atoms with E-state index in [0.717, 1.165) is 5.56 Å². The molecule has 2 aromatic carbocycles. The SMILES string of the molecule is COc1ccc(S(=O)(=O)N(CCCCC#N)C[C@@H](O)[C@H](Cc2ccccc2)NC(=O)O[C@H]2CCOC2)cc1. The van der Waals surface area contributed by atoms with Crippen molar-refractivity contribution < 1.29 is 32.5 Å². The minimum atomic E-state index is -3.99. The van der Waals surface area contributed by atoms with Gasteiger partial charge in [0, 0.05) is 25.9 Å². The summed E-state index contributed by atoms with van der Waals surface area (Å²) in [5, 5.41) is 22.9. The lowest BCUT2D eigenvalue weighted by Crippen LogP contribution is -2.51. The highest BCUT2D eigenvalue weighted by atomic mass is 32.2. The summed E-state index contributed by atoms with van der Waals surface area (Å²) in [6.45, 7) is 0.675. The normalized spacial score (nSPS) is 16.9. The van der Waals surface area contributed by atoms with Crippen LogP contribution in [0.1, 0.15) is 31.2 Å². The van der Waals surface area contributed by atoms with Crippen LogP contribution in [0, 0.1) is 11.3 Å². The number of carbonyl (C=O) groups is 1. The number of benzene rings is 2. The van der Waals surface area contributed by atoms with Gasteiger partial charge in [0.1, 0.15) is 11.9 Å². The lowest BCUT2D eigenvalue weighted by atomic mass is 10.0. The first-order chi connectivity index (χ1) is 18.3. The monoisotopic (exact) mass is 545 g/mol. The highest BCUT2D eigenvalue weighted by Gasteiger charge is 2.31. The lowest BCUT2D eigenvalue weighted by Gasteiger charge is -2.30. The number of ether oxygens (including phenoxy) is 3. The number of unbranched alkanes of at least 4 members (excludes halogenated alkanes) is 2. The van der Waals surface area contributed by atoms with E-state index in [1.54, 1.807) is 12.1 Å². The molecule has 1 amide bonds. The molecule has 11 heteroatoms. The van der Waals surface area contributed by atoms with E-state index in [-0.39, 0.29) is 30.5 Å². The van der Waals surface area contributed by atoms with Crippen molar-refractivity contribution in [2.45, 2.75) is 55.2 Å². The number of rotatable bonds is 14. The fourth-order valence-corrected chi connectivity index (χ4v) is 5.62. The number of hydrogen-bond donors (Lipinski definition) is 2. The van der Waals surface area contributed by atoms with Gasteiger partial charge in [-0.15, -0.1) is 0 Å². The molecular formula is C27H35N3O7S. The van der Waals surface area contributed by atoms with Crippen molar-refractivity contribution in [3.63, 3.8) is 0 Å². The fraction of sp³-hybridized carbons (Fsp3) is 0.481. The average Bonchev–Trinajstić information content (AvgIpc) is 3.43. The second-order valence-corrected chi connectivity index (χ2v) is 11.0. The molecular weight excluding hydrogens is 510 g/mol. The Morgan fingerprint density at radius 3 is 2.58 bits per heavy atom. The van der Waals surface area contributed by atoms with E-state index in [4.69, 9.17) is 19.5 Å². The van der Waals surface area contributed by atoms with E-state index in [2.05, 4.69) is 11.4 Å². The highest BCUT2D eigenvalue weighted by Crippen LogP contribution is 2.21. The van der Waals surface area contributed by atoms with Crippen LogP contribution in [0.4, 0.5) is 4.79 Å². The summed E-state index contributed by atoms with van der Waals surface area (Å²) in [5.41, 5.74) is 0.861. The first-order valence-electron chi connectivity index (χ1n) is 12.6. The predicted molar refractivity (Wildman–Crippen MR) is 140 cm³/mol. The third-order valence-corrected chi connectivity index (χ3v) is 8.14. The van der Waals surface area contributed by atoms with E-state index in [1.165, 1.54) is 23.5 Å². The van der Waals surface area contributed by atoms with Gasteiger partial charge in [0.15, 0.2) is 0 Å². The molecule has 2 aromatic rings. The van der Waals surface area contributed by atoms with Gasteiger partial charge in [-0.2, -0.15) is 9.57 Å². The van der Waals surface area contributed by atoms with Crippen molar-refractivity contribution in [3.8, 4) is 11.8 Å². The zero-order chi connectivity index (χ0) is 27.4. The van der Waals surface area contributed by atoms with E-state index < -0.39 is 28.3 Å². The Kier molecular flexibility index (Phi) is 11.4. The van der Waals surface area contributed by atoms with E-state index in [0.29, 0.717) is 44.6 Å². The second-order valence-electron chi connectivity index (χ2n) is 9.05. The van der Waals surface area contributed by atoms with Gasteiger partial charge in [-0.1, -0.05) is 30.3 Å². The number of aliphatic hydroxyl groups excluding tert-OH is 1. The van der Waals surface area contributed by atoms with Gasteiger partial charge in [0.05, 0.1) is 43.4 Å². The smallest absolute Gasteiger partial charge is 0.407 e. The van der Waals surface area contributed by atoms with Crippen LogP contribution in [0.15, 0.2) is 59.5 Å². The molecule has 3 rings (SSSR count). The molecule has 0 radical (unpaired) electrons. The largest absolute Gasteiger partial charge is 0.497 e. The van der Waals surface area contributed by atoms with Crippen molar-refractivity contribution in [1.29, 1.82) is 5.26 Å². The third kappa shape index (κ3) is 8.70. The van der Waals surface area contributed by atoms with Crippen molar-refractivity contribution in [2.75, 3.05) is 33.4 Å². The number of alkyl carbamates (subject to hydrolysis) is 1. The third-order valence-electron chi connectivity index (χ3n) is 6.26. The Morgan fingerprint density at radius 1 is 1.21 bits per heavy atom. The van der Waals surface area contributed by atoms with Crippen LogP contribution in [-0.4, -0.2) is 75.6 Å². The Balaban J connectivity index is 1.80. The van der Waals surface area contributed by atoms with Gasteiger partial charge in [-0.05, 0) is 49.1 Å². The molecule has 10 nitrogen and oxygen atoms in total. The number of methoxy groups -OCH3 is 1. The van der Waals surface area contributed by atoms with Gasteiger partial charge in [0.2, 0.25) is 10.0 Å². The lowest BCUT2D eigenvalue weighted by molar-refractivity contribution is 0.0649. The topological polar surface area (TPSA) is 138 Å². The van der Waals surface area contributed by atoms with Gasteiger partial charge >= 0.3 is 6.09 Å². The molecule has 1 fully saturated rings. The van der Waals surface area contributed by atoms with Gasteiger partial charge in [-0.25, -0.2) is 13.2 Å². The highest BCUT2D eigenvalue weighted by molar-refractivity contribution is 7.89. The molecule has 206 valence electrons. The number of nitriles is 1. The minimum Gasteiger partial charge on any atom is -0.497 e. The molecule has 3 atom stereocenters. The maximum Gasteiger partial charge on any atom is 0.407 e. The Labute approximate surface area is 224 Å². The van der Waals surface area contributed by atoms with E-state index in [1.807, 2.05) is 30.3 Å². The van der Waals surface area contributed by atoms with Gasteiger partial charge < -0.3 is 24.6 Å². The summed E-state index contributed by atoms with van der Waals surface area (Å²) in [6.07, 6.45) is -0.187. The van der Waals surface area contributed by atoms with Crippen molar-refractivity contribution in [2.24, 2.45) is 0 Å². The van der Waals surface area contributed by atoms with Crippen LogP contribution < -0.4 is 10.1 Å². The standard InChI is InChI=1S/C27H35N3O7S/c1-35-22-10-12-24(13-11-22)38(33,34)30(16-7-3-6-15-28)19-26(31)25(18-21-8-4-2-5-9-21)29-27(32)37-23-14-17-36-20-23/h2,4-5,8-13,23,25-26,31H,3,6-7,14,16-20H2,1H3,(H,29,32)/t23-,25-,26+/m0/s1. The van der Waals surface area contributed by atoms with Crippen LogP contribution in [0.25, 0.3) is 0 Å². The number of nitrogens with zero attached hydrogens (tertiary/aromatic N) is 2. The molecule has 38 heavy (non-hydrogen) atoms. The molecule has 2 N–H and O–H groups in total. The second kappa shape index (κ2) is 14.7. The Bertz CT molecular complexity index is 1150. The number of nitrogens with one attached hydrogen (secondary N) is 1. The number of aliphatic hydroxyl groups is 1. The first-order valence-corrected chi connectivity index (χ1v) is 14.1. The number of amides is 1. The molecule has 0 bridgehead atoms. The molecule has 1 heterocycles. The maximum atomic E-state index is 13.5. The minimum absolute atomic E-state index is 0.0546. The first kappa shape index (κ1) is 29.4. The fourth-order valence-electron chi connectivity index (χ4n) is 4.13. The molecule has 0 aromatic heterocycles. The summed E-state index contributed by atoms with van der Waals surface area (Å²) in [6, 6.07) is 16.5. The van der Waals surface area contributed by atoms with Crippen molar-refractivity contribution >= 4 is 16.1 Å². The molecule has 1 aliphatic rings. The molecule has 1 saturated heterocycles. The van der Waals surface area contributed by atoms with Crippen LogP contribution in [-0.2, 0) is 25.9 Å². The van der Waals surface area contributed by atoms with Crippen LogP contribution >= 0.6 is 0 Å². The Morgan fingerprint density at radius 2 is 1.95 bits per heavy atom. The number of sulfonamides is 1. The van der Waals surface area contributed by atoms with Crippen LogP contribution in [0.2, 0.25) is 0 Å². The summed E-state index contributed by atoms with van der Waals surface area (Å²) >= 11 is 0. The van der Waals surface area contributed by atoms with E-state index in [9.17, 15) is 18.3 Å². The van der Waals surface area contributed by atoms with Crippen molar-refractivity contribution in [1.82, 2.24) is 9.62 Å². The van der Waals surface area contributed by atoms with E-state index >= 15 is 0 Å². The zero-order valence-electron chi connectivity index (χ0n) is 21.5. The molecule has 0 saturated carbocycles. The number of carbonyl (C=O) groups excluding carboxylic acids is 1. The van der Waals surface area contributed by atoms with Gasteiger partial charge in [0.25, 0.3) is 0 Å². The van der Waals surface area contributed by atoms with Gasteiger partial charge in [-0.3, -0.25) is 0 Å². The summed E-state index contributed by atoms with van der Waals surface area (Å²) in [5.74, 6) is 0.517. The zero-order valence-corrected chi connectivity index (χ0v) is 22.3. The number of hydrogen-bond acceptors (Lipinski definition) is 8.